The predicted octanol–water partition coefficient (Wildman–Crippen LogP) is 6.11. The Morgan fingerprint density at radius 1 is 0.750 bits per heavy atom. The van der Waals surface area contributed by atoms with Crippen molar-refractivity contribution < 1.29 is 0 Å². The number of halogens is 1. The highest BCUT2D eigenvalue weighted by molar-refractivity contribution is 6.30. The van der Waals surface area contributed by atoms with Gasteiger partial charge in [-0.25, -0.2) is 0 Å². The summed E-state index contributed by atoms with van der Waals surface area (Å²) < 4.78 is 0. The van der Waals surface area contributed by atoms with Gasteiger partial charge in [0.1, 0.15) is 0 Å². The molecule has 3 aromatic rings. The van der Waals surface area contributed by atoms with Crippen molar-refractivity contribution in [2.24, 2.45) is 0 Å². The standard InChI is InChI=1S/C19H17Cl/c1-2-3-14-4-5-18-13-17(7-6-16(18)12-14)15-8-10-19(20)11-9-15/h4-13H,2-3H2,1H3. The van der Waals surface area contributed by atoms with Gasteiger partial charge in [-0.05, 0) is 52.1 Å². The van der Waals surface area contributed by atoms with Gasteiger partial charge in [-0.3, -0.25) is 0 Å². The van der Waals surface area contributed by atoms with Gasteiger partial charge in [-0.15, -0.1) is 0 Å². The van der Waals surface area contributed by atoms with Crippen molar-refractivity contribution in [1.29, 1.82) is 0 Å². The third kappa shape index (κ3) is 2.71. The van der Waals surface area contributed by atoms with Crippen LogP contribution in [0, 0.1) is 0 Å². The van der Waals surface area contributed by atoms with Gasteiger partial charge in [0.05, 0.1) is 0 Å². The largest absolute Gasteiger partial charge is 0.0843 e. The molecule has 0 amide bonds. The first-order chi connectivity index (χ1) is 9.76. The maximum atomic E-state index is 5.94. The molecule has 0 aliphatic carbocycles. The number of benzene rings is 3. The first-order valence-corrected chi connectivity index (χ1v) is 7.43. The van der Waals surface area contributed by atoms with Crippen LogP contribution in [-0.4, -0.2) is 0 Å². The van der Waals surface area contributed by atoms with Crippen LogP contribution in [0.15, 0.2) is 60.7 Å². The summed E-state index contributed by atoms with van der Waals surface area (Å²) in [6.45, 7) is 2.22. The Bertz CT molecular complexity index is 726. The topological polar surface area (TPSA) is 0 Å². The zero-order valence-corrected chi connectivity index (χ0v) is 12.3. The molecule has 0 saturated heterocycles. The molecule has 3 aromatic carbocycles. The fourth-order valence-electron chi connectivity index (χ4n) is 2.56. The number of hydrogen-bond donors (Lipinski definition) is 0. The molecule has 1 heteroatoms. The van der Waals surface area contributed by atoms with E-state index < -0.39 is 0 Å². The molecule has 0 aliphatic heterocycles. The molecule has 0 bridgehead atoms. The molecule has 0 heterocycles. The lowest BCUT2D eigenvalue weighted by Gasteiger charge is -2.06. The molecule has 0 aromatic heterocycles. The SMILES string of the molecule is CCCc1ccc2cc(-c3ccc(Cl)cc3)ccc2c1. The number of fused-ring (bicyclic) bond motifs is 1. The Kier molecular flexibility index (Phi) is 3.75. The van der Waals surface area contributed by atoms with E-state index in [1.807, 2.05) is 12.1 Å². The van der Waals surface area contributed by atoms with Crippen LogP contribution in [0.4, 0.5) is 0 Å². The van der Waals surface area contributed by atoms with Gasteiger partial charge < -0.3 is 0 Å². The monoisotopic (exact) mass is 280 g/mol. The van der Waals surface area contributed by atoms with Gasteiger partial charge in [-0.1, -0.05) is 67.4 Å². The van der Waals surface area contributed by atoms with E-state index in [0.29, 0.717) is 0 Å². The summed E-state index contributed by atoms with van der Waals surface area (Å²) in [5, 5.41) is 3.38. The van der Waals surface area contributed by atoms with Crippen molar-refractivity contribution in [3.63, 3.8) is 0 Å². The Balaban J connectivity index is 2.02. The molecule has 0 N–H and O–H groups in total. The summed E-state index contributed by atoms with van der Waals surface area (Å²) in [6.07, 6.45) is 2.34. The van der Waals surface area contributed by atoms with Gasteiger partial charge in [0.25, 0.3) is 0 Å². The van der Waals surface area contributed by atoms with Crippen LogP contribution in [0.3, 0.4) is 0 Å². The molecule has 20 heavy (non-hydrogen) atoms. The summed E-state index contributed by atoms with van der Waals surface area (Å²) in [6, 6.07) is 21.4. The van der Waals surface area contributed by atoms with Crippen molar-refractivity contribution >= 4 is 22.4 Å². The summed E-state index contributed by atoms with van der Waals surface area (Å²) in [5.74, 6) is 0. The Hall–Kier alpha value is -1.79. The average molecular weight is 281 g/mol. The van der Waals surface area contributed by atoms with Crippen LogP contribution in [0.25, 0.3) is 21.9 Å². The highest BCUT2D eigenvalue weighted by atomic mass is 35.5. The Morgan fingerprint density at radius 2 is 1.40 bits per heavy atom. The molecule has 0 atom stereocenters. The minimum atomic E-state index is 0.777. The van der Waals surface area contributed by atoms with Gasteiger partial charge in [0, 0.05) is 5.02 Å². The second kappa shape index (κ2) is 5.68. The Labute approximate surface area is 125 Å². The number of aryl methyl sites for hydroxylation is 1. The van der Waals surface area contributed by atoms with E-state index in [1.165, 1.54) is 33.9 Å². The number of rotatable bonds is 3. The summed E-state index contributed by atoms with van der Waals surface area (Å²) in [4.78, 5) is 0. The molecular weight excluding hydrogens is 264 g/mol. The maximum Gasteiger partial charge on any atom is 0.0406 e. The first-order valence-electron chi connectivity index (χ1n) is 7.05. The fourth-order valence-corrected chi connectivity index (χ4v) is 2.69. The van der Waals surface area contributed by atoms with E-state index in [4.69, 9.17) is 11.6 Å². The molecule has 0 nitrogen and oxygen atoms in total. The quantitative estimate of drug-likeness (QED) is 0.543. The van der Waals surface area contributed by atoms with Crippen LogP contribution in [-0.2, 0) is 6.42 Å². The second-order valence-electron chi connectivity index (χ2n) is 5.15. The van der Waals surface area contributed by atoms with Crippen LogP contribution in [0.1, 0.15) is 18.9 Å². The lowest BCUT2D eigenvalue weighted by Crippen LogP contribution is -1.84. The van der Waals surface area contributed by atoms with E-state index in [-0.39, 0.29) is 0 Å². The van der Waals surface area contributed by atoms with Crippen molar-refractivity contribution in [3.05, 3.63) is 71.2 Å². The van der Waals surface area contributed by atoms with E-state index in [1.54, 1.807) is 0 Å². The lowest BCUT2D eigenvalue weighted by molar-refractivity contribution is 0.924. The van der Waals surface area contributed by atoms with Crippen LogP contribution in [0.2, 0.25) is 5.02 Å². The molecule has 3 rings (SSSR count). The van der Waals surface area contributed by atoms with Crippen LogP contribution < -0.4 is 0 Å². The smallest absolute Gasteiger partial charge is 0.0406 e. The van der Waals surface area contributed by atoms with Crippen molar-refractivity contribution in [2.75, 3.05) is 0 Å². The minimum Gasteiger partial charge on any atom is -0.0843 e. The number of hydrogen-bond acceptors (Lipinski definition) is 0. The summed E-state index contributed by atoms with van der Waals surface area (Å²) >= 11 is 5.94. The third-order valence-corrected chi connectivity index (χ3v) is 3.87. The Morgan fingerprint density at radius 3 is 2.15 bits per heavy atom. The normalized spacial score (nSPS) is 10.9. The van der Waals surface area contributed by atoms with Crippen LogP contribution in [0.5, 0.6) is 0 Å². The third-order valence-electron chi connectivity index (χ3n) is 3.62. The van der Waals surface area contributed by atoms with E-state index in [2.05, 4.69) is 55.5 Å². The molecule has 100 valence electrons. The summed E-state index contributed by atoms with van der Waals surface area (Å²) in [5.41, 5.74) is 3.85. The zero-order chi connectivity index (χ0) is 13.9. The molecule has 0 fully saturated rings. The van der Waals surface area contributed by atoms with E-state index >= 15 is 0 Å². The van der Waals surface area contributed by atoms with Crippen molar-refractivity contribution in [3.8, 4) is 11.1 Å². The van der Waals surface area contributed by atoms with Crippen molar-refractivity contribution in [2.45, 2.75) is 19.8 Å². The molecule has 0 aliphatic rings. The van der Waals surface area contributed by atoms with Gasteiger partial charge in [0.15, 0.2) is 0 Å². The fraction of sp³-hybridized carbons (Fsp3) is 0.158. The van der Waals surface area contributed by atoms with Crippen LogP contribution >= 0.6 is 11.6 Å². The van der Waals surface area contributed by atoms with Gasteiger partial charge in [-0.2, -0.15) is 0 Å². The zero-order valence-electron chi connectivity index (χ0n) is 11.6. The van der Waals surface area contributed by atoms with E-state index in [9.17, 15) is 0 Å². The molecule has 0 saturated carbocycles. The maximum absolute atomic E-state index is 5.94. The molecule has 0 unspecified atom stereocenters. The lowest BCUT2D eigenvalue weighted by atomic mass is 9.99. The highest BCUT2D eigenvalue weighted by Crippen LogP contribution is 2.26. The van der Waals surface area contributed by atoms with Crippen molar-refractivity contribution in [1.82, 2.24) is 0 Å². The predicted molar refractivity (Wildman–Crippen MR) is 88.4 cm³/mol. The molecule has 0 spiro atoms. The van der Waals surface area contributed by atoms with Gasteiger partial charge >= 0.3 is 0 Å². The summed E-state index contributed by atoms with van der Waals surface area (Å²) in [7, 11) is 0. The molecular formula is C19H17Cl. The van der Waals surface area contributed by atoms with E-state index in [0.717, 1.165) is 11.4 Å². The average Bonchev–Trinajstić information content (AvgIpc) is 2.48. The second-order valence-corrected chi connectivity index (χ2v) is 5.59. The first kappa shape index (κ1) is 13.2. The minimum absolute atomic E-state index is 0.777. The highest BCUT2D eigenvalue weighted by Gasteiger charge is 2.01. The molecule has 0 radical (unpaired) electrons. The van der Waals surface area contributed by atoms with Gasteiger partial charge in [0.2, 0.25) is 0 Å².